The zero-order chi connectivity index (χ0) is 19.7. The summed E-state index contributed by atoms with van der Waals surface area (Å²) >= 11 is 0. The Balaban J connectivity index is 1.35. The highest BCUT2D eigenvalue weighted by molar-refractivity contribution is 5.77. The number of rotatable bonds is 3. The molecule has 146 valence electrons. The van der Waals surface area contributed by atoms with E-state index in [1.807, 2.05) is 44.3 Å². The van der Waals surface area contributed by atoms with Gasteiger partial charge in [-0.1, -0.05) is 12.1 Å². The van der Waals surface area contributed by atoms with Crippen molar-refractivity contribution in [2.45, 2.75) is 31.9 Å². The lowest BCUT2D eigenvalue weighted by Crippen LogP contribution is -2.48. The highest BCUT2D eigenvalue weighted by atomic mass is 16.3. The van der Waals surface area contributed by atoms with E-state index in [1.165, 1.54) is 0 Å². The van der Waals surface area contributed by atoms with Crippen LogP contribution in [0.1, 0.15) is 29.8 Å². The van der Waals surface area contributed by atoms with Crippen LogP contribution in [0, 0.1) is 6.92 Å². The second-order valence-electron chi connectivity index (χ2n) is 7.46. The molecule has 0 spiro atoms. The van der Waals surface area contributed by atoms with E-state index in [-0.39, 0.29) is 6.03 Å². The highest BCUT2D eigenvalue weighted by Gasteiger charge is 2.35. The van der Waals surface area contributed by atoms with Crippen LogP contribution >= 0.6 is 0 Å². The molecule has 2 aromatic heterocycles. The fourth-order valence-corrected chi connectivity index (χ4v) is 3.77. The van der Waals surface area contributed by atoms with Crippen LogP contribution in [-0.4, -0.2) is 43.7 Å². The van der Waals surface area contributed by atoms with Crippen molar-refractivity contribution in [2.75, 3.05) is 13.1 Å². The first-order valence-corrected chi connectivity index (χ1v) is 9.54. The number of likely N-dealkylation sites (tertiary alicyclic amines) is 1. The molecule has 2 N–H and O–H groups in total. The van der Waals surface area contributed by atoms with Gasteiger partial charge in [-0.2, -0.15) is 0 Å². The highest BCUT2D eigenvalue weighted by Crippen LogP contribution is 2.32. The number of aliphatic hydroxyl groups is 1. The summed E-state index contributed by atoms with van der Waals surface area (Å²) in [5.74, 6) is 0.964. The number of piperidine rings is 1. The van der Waals surface area contributed by atoms with Gasteiger partial charge < -0.3 is 19.9 Å². The minimum atomic E-state index is -0.910. The lowest BCUT2D eigenvalue weighted by atomic mass is 9.85. The Morgan fingerprint density at radius 3 is 2.79 bits per heavy atom. The predicted octanol–water partition coefficient (Wildman–Crippen LogP) is 2.47. The average Bonchev–Trinajstić information content (AvgIpc) is 3.00. The molecule has 4 rings (SSSR count). The van der Waals surface area contributed by atoms with Crippen molar-refractivity contribution in [3.63, 3.8) is 0 Å². The number of fused-ring (bicyclic) bond motifs is 1. The number of benzene rings is 1. The summed E-state index contributed by atoms with van der Waals surface area (Å²) in [6, 6.07) is 9.67. The number of carbonyl (C=O) groups excluding carboxylic acids is 1. The van der Waals surface area contributed by atoms with Crippen molar-refractivity contribution in [1.82, 2.24) is 24.8 Å². The molecule has 3 aromatic rings. The van der Waals surface area contributed by atoms with Crippen molar-refractivity contribution >= 4 is 17.1 Å². The van der Waals surface area contributed by atoms with Gasteiger partial charge in [0.2, 0.25) is 0 Å². The van der Waals surface area contributed by atoms with E-state index >= 15 is 0 Å². The van der Waals surface area contributed by atoms with Gasteiger partial charge in [0, 0.05) is 44.6 Å². The number of amides is 2. The molecule has 0 aliphatic carbocycles. The average molecular weight is 379 g/mol. The zero-order valence-corrected chi connectivity index (χ0v) is 16.2. The molecule has 7 nitrogen and oxygen atoms in total. The van der Waals surface area contributed by atoms with Crippen molar-refractivity contribution in [2.24, 2.45) is 7.05 Å². The number of aryl methyl sites for hydroxylation is 2. The summed E-state index contributed by atoms with van der Waals surface area (Å²) < 4.78 is 2.05. The summed E-state index contributed by atoms with van der Waals surface area (Å²) in [6.07, 6.45) is 4.40. The molecule has 1 saturated heterocycles. The fraction of sp³-hybridized carbons (Fsp3) is 0.381. The van der Waals surface area contributed by atoms with Crippen LogP contribution in [0.5, 0.6) is 0 Å². The molecule has 1 aliphatic rings. The molecule has 1 fully saturated rings. The number of hydrogen-bond donors (Lipinski definition) is 2. The van der Waals surface area contributed by atoms with Crippen LogP contribution in [0.25, 0.3) is 11.0 Å². The second-order valence-corrected chi connectivity index (χ2v) is 7.46. The van der Waals surface area contributed by atoms with Crippen molar-refractivity contribution in [3.05, 3.63) is 59.7 Å². The van der Waals surface area contributed by atoms with Gasteiger partial charge in [-0.05, 0) is 43.5 Å². The van der Waals surface area contributed by atoms with Crippen LogP contribution in [0.2, 0.25) is 0 Å². The van der Waals surface area contributed by atoms with Crippen LogP contribution < -0.4 is 5.32 Å². The molecular weight excluding hydrogens is 354 g/mol. The van der Waals surface area contributed by atoms with Crippen LogP contribution in [0.3, 0.4) is 0 Å². The third kappa shape index (κ3) is 3.45. The molecule has 2 amide bonds. The predicted molar refractivity (Wildman–Crippen MR) is 107 cm³/mol. The van der Waals surface area contributed by atoms with Gasteiger partial charge in [0.15, 0.2) is 0 Å². The molecule has 3 heterocycles. The zero-order valence-electron chi connectivity index (χ0n) is 16.2. The van der Waals surface area contributed by atoms with Crippen molar-refractivity contribution in [3.8, 4) is 0 Å². The van der Waals surface area contributed by atoms with Crippen LogP contribution in [0.15, 0.2) is 42.7 Å². The van der Waals surface area contributed by atoms with E-state index in [2.05, 4.69) is 19.9 Å². The number of urea groups is 1. The first-order valence-electron chi connectivity index (χ1n) is 9.54. The SMILES string of the molecule is Cc1nc2cc(CNC(=O)N3CCC(O)(c4cccnc4)CC3)ccc2n1C. The van der Waals surface area contributed by atoms with E-state index in [0.717, 1.165) is 28.0 Å². The Hall–Kier alpha value is -2.93. The first-order chi connectivity index (χ1) is 13.5. The lowest BCUT2D eigenvalue weighted by Gasteiger charge is -2.38. The maximum atomic E-state index is 12.5. The van der Waals surface area contributed by atoms with E-state index in [1.54, 1.807) is 17.3 Å². The molecule has 0 saturated carbocycles. The fourth-order valence-electron chi connectivity index (χ4n) is 3.77. The third-order valence-corrected chi connectivity index (χ3v) is 5.69. The normalized spacial score (nSPS) is 16.3. The largest absolute Gasteiger partial charge is 0.385 e. The Kier molecular flexibility index (Phi) is 4.77. The minimum absolute atomic E-state index is 0.106. The van der Waals surface area contributed by atoms with E-state index in [0.29, 0.717) is 32.5 Å². The van der Waals surface area contributed by atoms with E-state index < -0.39 is 5.60 Å². The number of nitrogens with one attached hydrogen (secondary N) is 1. The number of pyridine rings is 1. The van der Waals surface area contributed by atoms with E-state index in [9.17, 15) is 9.90 Å². The molecule has 1 aromatic carbocycles. The third-order valence-electron chi connectivity index (χ3n) is 5.69. The van der Waals surface area contributed by atoms with Crippen LogP contribution in [-0.2, 0) is 19.2 Å². The van der Waals surface area contributed by atoms with Gasteiger partial charge in [-0.3, -0.25) is 4.98 Å². The molecule has 0 radical (unpaired) electrons. The summed E-state index contributed by atoms with van der Waals surface area (Å²) in [4.78, 5) is 22.9. The van der Waals surface area contributed by atoms with Crippen LogP contribution in [0.4, 0.5) is 4.79 Å². The quantitative estimate of drug-likeness (QED) is 0.732. The van der Waals surface area contributed by atoms with Gasteiger partial charge in [-0.15, -0.1) is 0 Å². The molecule has 7 heteroatoms. The summed E-state index contributed by atoms with van der Waals surface area (Å²) in [7, 11) is 2.00. The maximum absolute atomic E-state index is 12.5. The Morgan fingerprint density at radius 1 is 1.29 bits per heavy atom. The van der Waals surface area contributed by atoms with Crippen molar-refractivity contribution in [1.29, 1.82) is 0 Å². The first kappa shape index (κ1) is 18.4. The monoisotopic (exact) mass is 379 g/mol. The lowest BCUT2D eigenvalue weighted by molar-refractivity contribution is -0.0170. The molecule has 0 bridgehead atoms. The molecule has 28 heavy (non-hydrogen) atoms. The summed E-state index contributed by atoms with van der Waals surface area (Å²) in [5.41, 5.74) is 2.94. The van der Waals surface area contributed by atoms with Crippen molar-refractivity contribution < 1.29 is 9.90 Å². The maximum Gasteiger partial charge on any atom is 0.317 e. The van der Waals surface area contributed by atoms with Gasteiger partial charge in [0.25, 0.3) is 0 Å². The van der Waals surface area contributed by atoms with Gasteiger partial charge in [0.1, 0.15) is 5.82 Å². The molecule has 0 unspecified atom stereocenters. The minimum Gasteiger partial charge on any atom is -0.385 e. The summed E-state index contributed by atoms with van der Waals surface area (Å²) in [5, 5.41) is 13.8. The number of imidazole rings is 1. The van der Waals surface area contributed by atoms with Gasteiger partial charge in [-0.25, -0.2) is 9.78 Å². The Labute approximate surface area is 164 Å². The van der Waals surface area contributed by atoms with Gasteiger partial charge >= 0.3 is 6.03 Å². The molecule has 1 aliphatic heterocycles. The number of carbonyl (C=O) groups is 1. The van der Waals surface area contributed by atoms with Gasteiger partial charge in [0.05, 0.1) is 16.6 Å². The molecular formula is C21H25N5O2. The smallest absolute Gasteiger partial charge is 0.317 e. The molecule has 0 atom stereocenters. The standard InChI is InChI=1S/C21H25N5O2/c1-15-24-18-12-16(5-6-19(18)25(15)2)13-23-20(27)26-10-7-21(28,8-11-26)17-4-3-9-22-14-17/h3-6,9,12,14,28H,7-8,10-11,13H2,1-2H3,(H,23,27). The number of aromatic nitrogens is 3. The second kappa shape index (κ2) is 7.24. The Morgan fingerprint density at radius 2 is 2.07 bits per heavy atom. The summed E-state index contributed by atoms with van der Waals surface area (Å²) in [6.45, 7) is 3.45. The van der Waals surface area contributed by atoms with E-state index in [4.69, 9.17) is 0 Å². The topological polar surface area (TPSA) is 83.3 Å². The number of nitrogens with zero attached hydrogens (tertiary/aromatic N) is 4. The number of hydrogen-bond acceptors (Lipinski definition) is 4. The Bertz CT molecular complexity index is 991.